The lowest BCUT2D eigenvalue weighted by Crippen LogP contribution is -2.23. The maximum Gasteiger partial charge on any atom is 0.407 e. The summed E-state index contributed by atoms with van der Waals surface area (Å²) >= 11 is 0. The number of hydrogen-bond donors (Lipinski definition) is 2. The molecular formula is C19H20N4O4. The quantitative estimate of drug-likeness (QED) is 0.631. The summed E-state index contributed by atoms with van der Waals surface area (Å²) in [6.45, 7) is 3.71. The van der Waals surface area contributed by atoms with E-state index in [9.17, 15) is 9.59 Å². The van der Waals surface area contributed by atoms with Gasteiger partial charge in [0.1, 0.15) is 11.4 Å². The van der Waals surface area contributed by atoms with Gasteiger partial charge in [0.05, 0.1) is 26.5 Å². The molecule has 0 spiro atoms. The van der Waals surface area contributed by atoms with Crippen molar-refractivity contribution in [3.05, 3.63) is 46.9 Å². The van der Waals surface area contributed by atoms with Gasteiger partial charge in [0.2, 0.25) is 5.82 Å². The second kappa shape index (κ2) is 9.20. The van der Waals surface area contributed by atoms with Crippen molar-refractivity contribution in [2.45, 2.75) is 13.8 Å². The molecule has 140 valence electrons. The minimum atomic E-state index is -0.579. The van der Waals surface area contributed by atoms with E-state index in [4.69, 9.17) is 4.74 Å². The lowest BCUT2D eigenvalue weighted by atomic mass is 10.2. The molecule has 0 radical (unpaired) electrons. The molecule has 0 atom stereocenters. The zero-order chi connectivity index (χ0) is 19.8. The van der Waals surface area contributed by atoms with Crippen molar-refractivity contribution in [3.8, 4) is 11.8 Å². The van der Waals surface area contributed by atoms with Crippen LogP contribution in [0.15, 0.2) is 24.3 Å². The highest BCUT2D eigenvalue weighted by Gasteiger charge is 2.19. The van der Waals surface area contributed by atoms with E-state index in [1.807, 2.05) is 31.2 Å². The molecule has 0 saturated heterocycles. The molecule has 1 heterocycles. The first-order chi connectivity index (χ1) is 12.9. The molecular weight excluding hydrogens is 348 g/mol. The van der Waals surface area contributed by atoms with E-state index in [0.29, 0.717) is 11.5 Å². The van der Waals surface area contributed by atoms with Crippen LogP contribution in [0.1, 0.15) is 27.4 Å². The van der Waals surface area contributed by atoms with Gasteiger partial charge in [0.25, 0.3) is 0 Å². The van der Waals surface area contributed by atoms with Crippen LogP contribution in [0.3, 0.4) is 0 Å². The Morgan fingerprint density at radius 2 is 1.93 bits per heavy atom. The van der Waals surface area contributed by atoms with Crippen molar-refractivity contribution in [1.29, 1.82) is 0 Å². The summed E-state index contributed by atoms with van der Waals surface area (Å²) in [5.74, 6) is 5.44. The maximum atomic E-state index is 12.2. The highest BCUT2D eigenvalue weighted by Crippen LogP contribution is 2.22. The Morgan fingerprint density at radius 3 is 2.59 bits per heavy atom. The number of alkyl carbamates (subject to hydrolysis) is 1. The fraction of sp³-hybridized carbons (Fsp3) is 0.263. The predicted octanol–water partition coefficient (Wildman–Crippen LogP) is 2.33. The van der Waals surface area contributed by atoms with Crippen LogP contribution in [0.5, 0.6) is 0 Å². The second-order valence-electron chi connectivity index (χ2n) is 5.49. The number of benzene rings is 1. The number of aromatic nitrogens is 2. The number of carbonyl (C=O) groups excluding carboxylic acids is 2. The zero-order valence-corrected chi connectivity index (χ0v) is 15.5. The fourth-order valence-electron chi connectivity index (χ4n) is 2.24. The number of amides is 1. The van der Waals surface area contributed by atoms with E-state index in [2.05, 4.69) is 37.2 Å². The molecule has 2 N–H and O–H groups in total. The smallest absolute Gasteiger partial charge is 0.407 e. The number of anilines is 2. The van der Waals surface area contributed by atoms with Gasteiger partial charge >= 0.3 is 12.1 Å². The zero-order valence-electron chi connectivity index (χ0n) is 15.5. The van der Waals surface area contributed by atoms with Gasteiger partial charge in [0, 0.05) is 5.69 Å². The normalized spacial score (nSPS) is 9.63. The molecule has 0 aliphatic carbocycles. The Kier molecular flexibility index (Phi) is 6.72. The van der Waals surface area contributed by atoms with Gasteiger partial charge < -0.3 is 20.1 Å². The Labute approximate surface area is 157 Å². The first-order valence-corrected chi connectivity index (χ1v) is 8.06. The van der Waals surface area contributed by atoms with Crippen molar-refractivity contribution >= 4 is 23.6 Å². The number of methoxy groups -OCH3 is 2. The number of nitrogens with zero attached hydrogens (tertiary/aromatic N) is 2. The van der Waals surface area contributed by atoms with Gasteiger partial charge in [-0.2, -0.15) is 0 Å². The molecule has 8 heteroatoms. The van der Waals surface area contributed by atoms with Crippen molar-refractivity contribution in [1.82, 2.24) is 15.3 Å². The Balaban J connectivity index is 2.36. The molecule has 0 bridgehead atoms. The van der Waals surface area contributed by atoms with Crippen LogP contribution in [0.25, 0.3) is 0 Å². The van der Waals surface area contributed by atoms with Crippen LogP contribution in [0.4, 0.5) is 16.3 Å². The van der Waals surface area contributed by atoms with E-state index >= 15 is 0 Å². The summed E-state index contributed by atoms with van der Waals surface area (Å²) in [7, 11) is 2.56. The predicted molar refractivity (Wildman–Crippen MR) is 99.9 cm³/mol. The van der Waals surface area contributed by atoms with Crippen molar-refractivity contribution in [3.63, 3.8) is 0 Å². The largest absolute Gasteiger partial charge is 0.465 e. The number of esters is 1. The van der Waals surface area contributed by atoms with Crippen LogP contribution in [-0.4, -0.2) is 42.8 Å². The van der Waals surface area contributed by atoms with E-state index < -0.39 is 12.1 Å². The topological polar surface area (TPSA) is 102 Å². The Bertz CT molecular complexity index is 916. The summed E-state index contributed by atoms with van der Waals surface area (Å²) in [6.07, 6.45) is -0.579. The average molecular weight is 368 g/mol. The summed E-state index contributed by atoms with van der Waals surface area (Å²) in [6, 6.07) is 7.63. The van der Waals surface area contributed by atoms with E-state index in [-0.39, 0.29) is 17.9 Å². The number of carbonyl (C=O) groups is 2. The summed E-state index contributed by atoms with van der Waals surface area (Å²) in [4.78, 5) is 31.7. The van der Waals surface area contributed by atoms with Gasteiger partial charge in [-0.25, -0.2) is 19.6 Å². The van der Waals surface area contributed by atoms with Crippen LogP contribution < -0.4 is 10.6 Å². The molecule has 0 aliphatic heterocycles. The molecule has 0 unspecified atom stereocenters. The first kappa shape index (κ1) is 19.7. The van der Waals surface area contributed by atoms with E-state index in [1.54, 1.807) is 6.92 Å². The molecule has 1 amide bonds. The minimum absolute atomic E-state index is 0.0779. The summed E-state index contributed by atoms with van der Waals surface area (Å²) < 4.78 is 9.30. The molecule has 8 nitrogen and oxygen atoms in total. The molecule has 27 heavy (non-hydrogen) atoms. The lowest BCUT2D eigenvalue weighted by Gasteiger charge is -2.12. The maximum absolute atomic E-state index is 12.2. The van der Waals surface area contributed by atoms with Gasteiger partial charge in [0.15, 0.2) is 0 Å². The fourth-order valence-corrected chi connectivity index (χ4v) is 2.24. The van der Waals surface area contributed by atoms with Crippen molar-refractivity contribution in [2.75, 3.05) is 26.1 Å². The molecule has 1 aromatic heterocycles. The molecule has 0 saturated carbocycles. The highest BCUT2D eigenvalue weighted by molar-refractivity contribution is 5.96. The number of nitrogens with one attached hydrogen (secondary N) is 2. The second-order valence-corrected chi connectivity index (χ2v) is 5.49. The van der Waals surface area contributed by atoms with Crippen molar-refractivity contribution in [2.24, 2.45) is 0 Å². The minimum Gasteiger partial charge on any atom is -0.465 e. The molecule has 0 fully saturated rings. The molecule has 2 rings (SSSR count). The number of aryl methyl sites for hydroxylation is 2. The van der Waals surface area contributed by atoms with E-state index in [1.165, 1.54) is 14.2 Å². The third-order valence-electron chi connectivity index (χ3n) is 3.47. The standard InChI is InChI=1S/C19H20N4O4/c1-12-7-5-8-14(11-12)22-17-16(18(24)26-3)13(2)21-15(23-17)9-6-10-20-19(25)27-4/h5,7-8,11H,10H2,1-4H3,(H,20,25)(H,21,22,23). The van der Waals surface area contributed by atoms with Crippen molar-refractivity contribution < 1.29 is 19.1 Å². The van der Waals surface area contributed by atoms with Gasteiger partial charge in [-0.1, -0.05) is 18.1 Å². The third kappa shape index (κ3) is 5.44. The van der Waals surface area contributed by atoms with Gasteiger partial charge in [-0.15, -0.1) is 0 Å². The molecule has 0 aliphatic rings. The van der Waals surface area contributed by atoms with Crippen LogP contribution in [0, 0.1) is 25.7 Å². The van der Waals surface area contributed by atoms with Crippen LogP contribution in [-0.2, 0) is 9.47 Å². The van der Waals surface area contributed by atoms with E-state index in [0.717, 1.165) is 11.3 Å². The highest BCUT2D eigenvalue weighted by atomic mass is 16.5. The molecule has 2 aromatic rings. The lowest BCUT2D eigenvalue weighted by molar-refractivity contribution is 0.0600. The Morgan fingerprint density at radius 1 is 1.15 bits per heavy atom. The summed E-state index contributed by atoms with van der Waals surface area (Å²) in [5, 5.41) is 5.55. The number of rotatable bonds is 4. The first-order valence-electron chi connectivity index (χ1n) is 8.06. The number of ether oxygens (including phenoxy) is 2. The van der Waals surface area contributed by atoms with Gasteiger partial charge in [-0.05, 0) is 37.5 Å². The Hall–Kier alpha value is -3.60. The monoisotopic (exact) mass is 368 g/mol. The number of hydrogen-bond acceptors (Lipinski definition) is 7. The third-order valence-corrected chi connectivity index (χ3v) is 3.47. The molecule has 1 aromatic carbocycles. The van der Waals surface area contributed by atoms with Gasteiger partial charge in [-0.3, -0.25) is 0 Å². The van der Waals surface area contributed by atoms with Crippen LogP contribution in [0.2, 0.25) is 0 Å². The average Bonchev–Trinajstić information content (AvgIpc) is 2.64. The summed E-state index contributed by atoms with van der Waals surface area (Å²) in [5.41, 5.74) is 2.48. The van der Waals surface area contributed by atoms with Crippen LogP contribution >= 0.6 is 0 Å². The SMILES string of the molecule is COC(=O)NCC#Cc1nc(C)c(C(=O)OC)c(Nc2cccc(C)c2)n1.